The van der Waals surface area contributed by atoms with Crippen LogP contribution in [0.1, 0.15) is 35.1 Å². The van der Waals surface area contributed by atoms with Gasteiger partial charge in [0.15, 0.2) is 0 Å². The molecule has 5 rings (SSSR count). The SMILES string of the molecule is N#Cc1cc(C(F)(F)F)ccc1CSC1=NC2(CC2)c2cc(-c3ncon3)nnc2S1. The van der Waals surface area contributed by atoms with Gasteiger partial charge in [-0.15, -0.1) is 10.2 Å². The molecule has 12 heteroatoms. The zero-order valence-electron chi connectivity index (χ0n) is 15.5. The van der Waals surface area contributed by atoms with Crippen LogP contribution in [0.3, 0.4) is 0 Å². The number of fused-ring (bicyclic) bond motifs is 2. The molecule has 1 aliphatic heterocycles. The Morgan fingerprint density at radius 1 is 1.23 bits per heavy atom. The van der Waals surface area contributed by atoms with Crippen molar-refractivity contribution in [2.24, 2.45) is 4.99 Å². The first-order valence-corrected chi connectivity index (χ1v) is 10.8. The Hall–Kier alpha value is -2.91. The second-order valence-electron chi connectivity index (χ2n) is 6.98. The third kappa shape index (κ3) is 3.79. The highest BCUT2D eigenvalue weighted by Gasteiger charge is 2.49. The molecular formula is C19H11F3N6OS2. The van der Waals surface area contributed by atoms with Crippen molar-refractivity contribution in [2.75, 3.05) is 0 Å². The van der Waals surface area contributed by atoms with Gasteiger partial charge in [-0.2, -0.15) is 23.4 Å². The summed E-state index contributed by atoms with van der Waals surface area (Å²) in [7, 11) is 0. The minimum absolute atomic E-state index is 0.00909. The Labute approximate surface area is 182 Å². The lowest BCUT2D eigenvalue weighted by Gasteiger charge is -2.21. The molecule has 31 heavy (non-hydrogen) atoms. The van der Waals surface area contributed by atoms with Crippen LogP contribution in [0.2, 0.25) is 0 Å². The van der Waals surface area contributed by atoms with Gasteiger partial charge in [-0.1, -0.05) is 23.0 Å². The molecule has 0 unspecified atom stereocenters. The maximum atomic E-state index is 12.9. The average Bonchev–Trinajstić information content (AvgIpc) is 3.30. The van der Waals surface area contributed by atoms with Gasteiger partial charge in [0.25, 0.3) is 0 Å². The van der Waals surface area contributed by atoms with Gasteiger partial charge in [-0.25, -0.2) is 0 Å². The summed E-state index contributed by atoms with van der Waals surface area (Å²) in [6.45, 7) is 0. The summed E-state index contributed by atoms with van der Waals surface area (Å²) in [6, 6.07) is 6.96. The fraction of sp³-hybridized carbons (Fsp3) is 0.263. The van der Waals surface area contributed by atoms with E-state index in [4.69, 9.17) is 9.52 Å². The van der Waals surface area contributed by atoms with Crippen LogP contribution in [-0.2, 0) is 17.5 Å². The lowest BCUT2D eigenvalue weighted by Crippen LogP contribution is -2.15. The number of benzene rings is 1. The van der Waals surface area contributed by atoms with Crippen molar-refractivity contribution >= 4 is 27.9 Å². The monoisotopic (exact) mass is 460 g/mol. The predicted molar refractivity (Wildman–Crippen MR) is 107 cm³/mol. The minimum Gasteiger partial charge on any atom is -0.342 e. The summed E-state index contributed by atoms with van der Waals surface area (Å²) in [6.07, 6.45) is -1.53. The van der Waals surface area contributed by atoms with Crippen LogP contribution < -0.4 is 0 Å². The lowest BCUT2D eigenvalue weighted by molar-refractivity contribution is -0.137. The van der Waals surface area contributed by atoms with Crippen molar-refractivity contribution in [2.45, 2.75) is 35.3 Å². The van der Waals surface area contributed by atoms with Gasteiger partial charge in [-0.3, -0.25) is 4.99 Å². The molecule has 2 aromatic heterocycles. The van der Waals surface area contributed by atoms with E-state index >= 15 is 0 Å². The highest BCUT2D eigenvalue weighted by molar-refractivity contribution is 8.38. The van der Waals surface area contributed by atoms with Gasteiger partial charge in [0, 0.05) is 11.3 Å². The molecule has 1 spiro atoms. The Morgan fingerprint density at radius 3 is 2.74 bits per heavy atom. The largest absolute Gasteiger partial charge is 0.416 e. The number of hydrogen-bond donors (Lipinski definition) is 0. The number of aromatic nitrogens is 4. The van der Waals surface area contributed by atoms with E-state index in [0.29, 0.717) is 22.8 Å². The molecule has 1 aliphatic carbocycles. The molecule has 3 aromatic rings. The molecule has 7 nitrogen and oxygen atoms in total. The maximum Gasteiger partial charge on any atom is 0.416 e. The number of alkyl halides is 3. The van der Waals surface area contributed by atoms with Crippen molar-refractivity contribution in [3.05, 3.63) is 52.9 Å². The molecule has 0 saturated heterocycles. The van der Waals surface area contributed by atoms with Crippen molar-refractivity contribution in [3.8, 4) is 17.6 Å². The second kappa shape index (κ2) is 7.35. The standard InChI is InChI=1S/C19H11F3N6OS2/c20-19(21,22)12-2-1-10(11(5-12)7-23)8-30-17-25-18(3-4-18)13-6-14(15-24-9-29-28-15)26-27-16(13)31-17/h1-2,5-6,9H,3-4,8H2. The van der Waals surface area contributed by atoms with Crippen LogP contribution >= 0.6 is 23.5 Å². The highest BCUT2D eigenvalue weighted by Crippen LogP contribution is 2.56. The molecule has 2 aliphatic rings. The van der Waals surface area contributed by atoms with Crippen molar-refractivity contribution in [3.63, 3.8) is 0 Å². The predicted octanol–water partition coefficient (Wildman–Crippen LogP) is 4.80. The first-order chi connectivity index (χ1) is 14.9. The van der Waals surface area contributed by atoms with Crippen LogP contribution in [-0.4, -0.2) is 24.7 Å². The quantitative estimate of drug-likeness (QED) is 0.549. The van der Waals surface area contributed by atoms with E-state index in [1.807, 2.05) is 12.1 Å². The fourth-order valence-electron chi connectivity index (χ4n) is 3.21. The van der Waals surface area contributed by atoms with E-state index in [1.54, 1.807) is 0 Å². The zero-order chi connectivity index (χ0) is 21.6. The van der Waals surface area contributed by atoms with Crippen LogP contribution in [0.15, 0.2) is 45.2 Å². The van der Waals surface area contributed by atoms with E-state index in [-0.39, 0.29) is 11.1 Å². The summed E-state index contributed by atoms with van der Waals surface area (Å²) in [5.74, 6) is 0.679. The normalized spacial score (nSPS) is 16.5. The number of thioether (sulfide) groups is 2. The molecule has 1 aromatic carbocycles. The first-order valence-electron chi connectivity index (χ1n) is 9.04. The van der Waals surface area contributed by atoms with E-state index < -0.39 is 11.7 Å². The van der Waals surface area contributed by atoms with Crippen molar-refractivity contribution in [1.82, 2.24) is 20.3 Å². The zero-order valence-corrected chi connectivity index (χ0v) is 17.2. The van der Waals surface area contributed by atoms with Gasteiger partial charge in [0.1, 0.15) is 15.1 Å². The molecule has 0 radical (unpaired) electrons. The number of aliphatic imine (C=N–C) groups is 1. The van der Waals surface area contributed by atoms with Crippen LogP contribution in [0, 0.1) is 11.3 Å². The summed E-state index contributed by atoms with van der Waals surface area (Å²) in [4.78, 5) is 8.86. The van der Waals surface area contributed by atoms with E-state index in [1.165, 1.54) is 36.0 Å². The first kappa shape index (κ1) is 20.0. The molecule has 1 fully saturated rings. The van der Waals surface area contributed by atoms with Crippen LogP contribution in [0.5, 0.6) is 0 Å². The Bertz CT molecular complexity index is 1230. The molecular weight excluding hydrogens is 449 g/mol. The third-order valence-electron chi connectivity index (χ3n) is 4.97. The van der Waals surface area contributed by atoms with E-state index in [2.05, 4.69) is 20.3 Å². The van der Waals surface area contributed by atoms with E-state index in [9.17, 15) is 18.4 Å². The Kier molecular flexibility index (Phi) is 4.75. The molecule has 0 bridgehead atoms. The smallest absolute Gasteiger partial charge is 0.342 e. The van der Waals surface area contributed by atoms with Gasteiger partial charge >= 0.3 is 6.18 Å². The number of rotatable bonds is 3. The molecule has 156 valence electrons. The fourth-order valence-corrected chi connectivity index (χ4v) is 5.45. The molecule has 0 amide bonds. The van der Waals surface area contributed by atoms with E-state index in [0.717, 1.165) is 39.9 Å². The van der Waals surface area contributed by atoms with Crippen molar-refractivity contribution < 1.29 is 17.7 Å². The van der Waals surface area contributed by atoms with Gasteiger partial charge < -0.3 is 4.52 Å². The minimum atomic E-state index is -4.48. The molecule has 0 N–H and O–H groups in total. The number of nitriles is 1. The molecule has 0 atom stereocenters. The molecule has 3 heterocycles. The van der Waals surface area contributed by atoms with Gasteiger partial charge in [0.05, 0.1) is 22.7 Å². The van der Waals surface area contributed by atoms with Gasteiger partial charge in [-0.05, 0) is 48.4 Å². The van der Waals surface area contributed by atoms with Gasteiger partial charge in [0.2, 0.25) is 12.2 Å². The number of nitrogens with zero attached hydrogens (tertiary/aromatic N) is 6. The lowest BCUT2D eigenvalue weighted by atomic mass is 10.1. The summed E-state index contributed by atoms with van der Waals surface area (Å²) in [5.41, 5.74) is 0.807. The van der Waals surface area contributed by atoms with Crippen LogP contribution in [0.25, 0.3) is 11.5 Å². The second-order valence-corrected chi connectivity index (χ2v) is 9.18. The Balaban J connectivity index is 1.37. The highest BCUT2D eigenvalue weighted by atomic mass is 32.2. The van der Waals surface area contributed by atoms with Crippen molar-refractivity contribution in [1.29, 1.82) is 5.26 Å². The van der Waals surface area contributed by atoms with Crippen LogP contribution in [0.4, 0.5) is 13.2 Å². The molecule has 1 saturated carbocycles. The Morgan fingerprint density at radius 2 is 2.06 bits per heavy atom. The summed E-state index contributed by atoms with van der Waals surface area (Å²) in [5, 5.41) is 22.3. The third-order valence-corrected chi connectivity index (χ3v) is 7.13. The topological polar surface area (TPSA) is 101 Å². The number of halogens is 3. The maximum absolute atomic E-state index is 12.9. The average molecular weight is 460 g/mol. The summed E-state index contributed by atoms with van der Waals surface area (Å²) < 4.78 is 44.2. The summed E-state index contributed by atoms with van der Waals surface area (Å²) >= 11 is 2.73. The number of hydrogen-bond acceptors (Lipinski definition) is 9.